The smallest absolute Gasteiger partial charge is 0.251 e. The average molecular weight is 341 g/mol. The van der Waals surface area contributed by atoms with Gasteiger partial charge in [-0.3, -0.25) is 24.2 Å². The van der Waals surface area contributed by atoms with Gasteiger partial charge in [0.2, 0.25) is 11.8 Å². The van der Waals surface area contributed by atoms with Gasteiger partial charge in [-0.1, -0.05) is 24.3 Å². The van der Waals surface area contributed by atoms with E-state index in [1.165, 1.54) is 4.90 Å². The van der Waals surface area contributed by atoms with Crippen LogP contribution in [0.5, 0.6) is 0 Å². The van der Waals surface area contributed by atoms with E-state index < -0.39 is 0 Å². The highest BCUT2D eigenvalue weighted by atomic mass is 16.2. The maximum Gasteiger partial charge on any atom is 0.251 e. The molecule has 6 nitrogen and oxygen atoms in total. The summed E-state index contributed by atoms with van der Waals surface area (Å²) in [6.45, 7) is 0.889. The molecule has 1 aromatic carbocycles. The summed E-state index contributed by atoms with van der Waals surface area (Å²) in [6, 6.07) is 7.32. The molecule has 25 heavy (non-hydrogen) atoms. The summed E-state index contributed by atoms with van der Waals surface area (Å²) in [7, 11) is 3.48. The minimum Gasteiger partial charge on any atom is -0.355 e. The average Bonchev–Trinajstić information content (AvgIpc) is 2.87. The van der Waals surface area contributed by atoms with Gasteiger partial charge in [0, 0.05) is 19.2 Å². The van der Waals surface area contributed by atoms with E-state index in [9.17, 15) is 14.4 Å². The third-order valence-electron chi connectivity index (χ3n) is 4.88. The molecule has 0 aromatic heterocycles. The van der Waals surface area contributed by atoms with Crippen molar-refractivity contribution >= 4 is 17.7 Å². The van der Waals surface area contributed by atoms with Crippen LogP contribution in [0.3, 0.4) is 0 Å². The lowest BCUT2D eigenvalue weighted by atomic mass is 9.85. The molecule has 1 N–H and O–H groups in total. The molecule has 1 aliphatic heterocycles. The Bertz CT molecular complexity index is 685. The van der Waals surface area contributed by atoms with Gasteiger partial charge < -0.3 is 5.32 Å². The first-order valence-electron chi connectivity index (χ1n) is 8.51. The van der Waals surface area contributed by atoms with Crippen molar-refractivity contribution in [1.29, 1.82) is 0 Å². The zero-order valence-electron chi connectivity index (χ0n) is 14.6. The van der Waals surface area contributed by atoms with Crippen LogP contribution in [0, 0.1) is 11.8 Å². The Morgan fingerprint density at radius 1 is 1.12 bits per heavy atom. The summed E-state index contributed by atoms with van der Waals surface area (Å²) in [5.74, 6) is -0.595. The van der Waals surface area contributed by atoms with Crippen molar-refractivity contribution in [1.82, 2.24) is 15.1 Å². The molecule has 0 saturated carbocycles. The number of hydrogen-bond acceptors (Lipinski definition) is 4. The van der Waals surface area contributed by atoms with E-state index in [0.29, 0.717) is 31.6 Å². The third kappa shape index (κ3) is 3.49. The normalized spacial score (nSPS) is 22.4. The topological polar surface area (TPSA) is 69.7 Å². The highest BCUT2D eigenvalue weighted by Crippen LogP contribution is 2.35. The number of amides is 3. The Morgan fingerprint density at radius 3 is 2.20 bits per heavy atom. The van der Waals surface area contributed by atoms with Crippen LogP contribution in [0.15, 0.2) is 36.4 Å². The molecule has 0 radical (unpaired) electrons. The van der Waals surface area contributed by atoms with Crippen LogP contribution in [0.4, 0.5) is 0 Å². The number of nitrogens with zero attached hydrogens (tertiary/aromatic N) is 2. The van der Waals surface area contributed by atoms with Gasteiger partial charge in [-0.15, -0.1) is 0 Å². The molecule has 0 unspecified atom stereocenters. The van der Waals surface area contributed by atoms with Crippen molar-refractivity contribution in [2.75, 3.05) is 20.8 Å². The number of benzene rings is 1. The van der Waals surface area contributed by atoms with Crippen LogP contribution in [-0.4, -0.2) is 48.3 Å². The Labute approximate surface area is 147 Å². The van der Waals surface area contributed by atoms with E-state index in [4.69, 9.17) is 0 Å². The van der Waals surface area contributed by atoms with Crippen LogP contribution in [0.1, 0.15) is 28.8 Å². The highest BCUT2D eigenvalue weighted by molar-refractivity contribution is 6.05. The molecular weight excluding hydrogens is 318 g/mol. The van der Waals surface area contributed by atoms with Crippen LogP contribution < -0.4 is 5.32 Å². The van der Waals surface area contributed by atoms with Crippen molar-refractivity contribution in [2.45, 2.75) is 19.4 Å². The molecule has 132 valence electrons. The molecule has 2 aliphatic rings. The van der Waals surface area contributed by atoms with Crippen LogP contribution in [0.25, 0.3) is 0 Å². The summed E-state index contributed by atoms with van der Waals surface area (Å²) in [4.78, 5) is 39.9. The minimum atomic E-state index is -0.183. The molecule has 1 saturated heterocycles. The largest absolute Gasteiger partial charge is 0.355 e. The molecule has 6 heteroatoms. The zero-order valence-corrected chi connectivity index (χ0v) is 14.6. The highest BCUT2D eigenvalue weighted by Gasteiger charge is 2.47. The number of hydrogen-bond donors (Lipinski definition) is 1. The molecule has 1 aliphatic carbocycles. The van der Waals surface area contributed by atoms with Gasteiger partial charge in [0.1, 0.15) is 0 Å². The fourth-order valence-electron chi connectivity index (χ4n) is 3.52. The van der Waals surface area contributed by atoms with Gasteiger partial charge >= 0.3 is 0 Å². The number of carbonyl (C=O) groups excluding carboxylic acids is 3. The Balaban J connectivity index is 1.61. The van der Waals surface area contributed by atoms with Crippen molar-refractivity contribution < 1.29 is 14.4 Å². The first-order chi connectivity index (χ1) is 12.0. The second-order valence-corrected chi connectivity index (χ2v) is 6.69. The van der Waals surface area contributed by atoms with Crippen molar-refractivity contribution in [3.63, 3.8) is 0 Å². The van der Waals surface area contributed by atoms with Gasteiger partial charge in [-0.2, -0.15) is 0 Å². The number of allylic oxidation sites excluding steroid dienone is 2. The first-order valence-corrected chi connectivity index (χ1v) is 8.51. The van der Waals surface area contributed by atoms with Gasteiger partial charge in [0.05, 0.1) is 18.5 Å². The van der Waals surface area contributed by atoms with Crippen molar-refractivity contribution in [2.24, 2.45) is 11.8 Å². The van der Waals surface area contributed by atoms with Gasteiger partial charge in [0.15, 0.2) is 0 Å². The summed E-state index contributed by atoms with van der Waals surface area (Å²) < 4.78 is 0. The van der Waals surface area contributed by atoms with E-state index in [1.54, 1.807) is 19.2 Å². The maximum atomic E-state index is 12.5. The van der Waals surface area contributed by atoms with Gasteiger partial charge in [0.25, 0.3) is 5.91 Å². The van der Waals surface area contributed by atoms with Crippen molar-refractivity contribution in [3.05, 3.63) is 47.5 Å². The van der Waals surface area contributed by atoms with E-state index in [1.807, 2.05) is 36.2 Å². The molecule has 0 bridgehead atoms. The van der Waals surface area contributed by atoms with Crippen LogP contribution >= 0.6 is 0 Å². The number of rotatable bonds is 5. The number of likely N-dealkylation sites (tertiary alicyclic amines) is 1. The SMILES string of the molecule is CNC(=O)c1ccc(CN(C)CN2C(=O)[C@H]3CC=CC[C@@H]3C2=O)cc1. The number of fused-ring (bicyclic) bond motifs is 1. The first kappa shape index (κ1) is 17.4. The lowest BCUT2D eigenvalue weighted by molar-refractivity contribution is -0.142. The Hall–Kier alpha value is -2.47. The van der Waals surface area contributed by atoms with Crippen molar-refractivity contribution in [3.8, 4) is 0 Å². The molecule has 3 rings (SSSR count). The fraction of sp³-hybridized carbons (Fsp3) is 0.421. The predicted octanol–water partition coefficient (Wildman–Crippen LogP) is 1.39. The summed E-state index contributed by atoms with van der Waals surface area (Å²) in [5.41, 5.74) is 1.63. The number of carbonyl (C=O) groups is 3. The molecule has 3 amide bonds. The number of imide groups is 1. The van der Waals surface area contributed by atoms with Crippen LogP contribution in [-0.2, 0) is 16.1 Å². The lowest BCUT2D eigenvalue weighted by Crippen LogP contribution is -2.40. The molecule has 1 heterocycles. The second kappa shape index (κ2) is 7.19. The summed E-state index contributed by atoms with van der Waals surface area (Å²) >= 11 is 0. The van der Waals surface area contributed by atoms with Gasteiger partial charge in [-0.05, 0) is 37.6 Å². The van der Waals surface area contributed by atoms with E-state index in [2.05, 4.69) is 5.32 Å². The lowest BCUT2D eigenvalue weighted by Gasteiger charge is -2.23. The maximum absolute atomic E-state index is 12.5. The Kier molecular flexibility index (Phi) is 4.99. The molecule has 1 aromatic rings. The number of nitrogens with one attached hydrogen (secondary N) is 1. The summed E-state index contributed by atoms with van der Waals surface area (Å²) in [5, 5.41) is 2.59. The molecule has 0 spiro atoms. The summed E-state index contributed by atoms with van der Waals surface area (Å²) in [6.07, 6.45) is 5.31. The second-order valence-electron chi connectivity index (χ2n) is 6.69. The van der Waals surface area contributed by atoms with Gasteiger partial charge in [-0.25, -0.2) is 0 Å². The molecule has 2 atom stereocenters. The van der Waals surface area contributed by atoms with E-state index >= 15 is 0 Å². The van der Waals surface area contributed by atoms with E-state index in [-0.39, 0.29) is 29.6 Å². The quantitative estimate of drug-likeness (QED) is 0.649. The standard InChI is InChI=1S/C19H23N3O3/c1-20-17(23)14-9-7-13(8-10-14)11-21(2)12-22-18(24)15-5-3-4-6-16(15)19(22)25/h3-4,7-10,15-16H,5-6,11-12H2,1-2H3,(H,20,23)/t15-,16-/m0/s1. The fourth-order valence-corrected chi connectivity index (χ4v) is 3.52. The molecular formula is C19H23N3O3. The zero-order chi connectivity index (χ0) is 18.0. The Morgan fingerprint density at radius 2 is 1.68 bits per heavy atom. The van der Waals surface area contributed by atoms with E-state index in [0.717, 1.165) is 5.56 Å². The molecule has 1 fully saturated rings. The monoisotopic (exact) mass is 341 g/mol. The minimum absolute atomic E-state index is 0.0545. The third-order valence-corrected chi connectivity index (χ3v) is 4.88. The predicted molar refractivity (Wildman–Crippen MR) is 93.4 cm³/mol. The van der Waals surface area contributed by atoms with Crippen LogP contribution in [0.2, 0.25) is 0 Å².